The Morgan fingerprint density at radius 3 is 2.12 bits per heavy atom. The average molecular weight is 598 g/mol. The summed E-state index contributed by atoms with van der Waals surface area (Å²) in [6.45, 7) is 0. The van der Waals surface area contributed by atoms with Crippen molar-refractivity contribution in [1.29, 1.82) is 0 Å². The SMILES string of the molecule is CSCCC(N)C(=O)NC(CC(=O)O)C(=O)NC(Cc1c[nH]c2ccccc12)C(=O)NC(Cc1ccccc1)C(=O)O. The van der Waals surface area contributed by atoms with Crippen LogP contribution in [0.15, 0.2) is 60.8 Å². The van der Waals surface area contributed by atoms with Crippen molar-refractivity contribution in [3.63, 3.8) is 0 Å². The summed E-state index contributed by atoms with van der Waals surface area (Å²) in [7, 11) is 0. The van der Waals surface area contributed by atoms with E-state index >= 15 is 0 Å². The Labute approximate surface area is 246 Å². The number of carboxylic acids is 2. The minimum absolute atomic E-state index is 0.00129. The molecule has 13 heteroatoms. The molecule has 12 nitrogen and oxygen atoms in total. The van der Waals surface area contributed by atoms with Crippen molar-refractivity contribution < 1.29 is 34.2 Å². The fourth-order valence-electron chi connectivity index (χ4n) is 4.36. The van der Waals surface area contributed by atoms with Crippen molar-refractivity contribution in [2.24, 2.45) is 5.73 Å². The van der Waals surface area contributed by atoms with E-state index in [0.717, 1.165) is 10.9 Å². The molecule has 4 atom stereocenters. The van der Waals surface area contributed by atoms with Crippen LogP contribution in [0.4, 0.5) is 0 Å². The number of fused-ring (bicyclic) bond motifs is 1. The van der Waals surface area contributed by atoms with E-state index in [1.807, 2.05) is 30.5 Å². The minimum Gasteiger partial charge on any atom is -0.481 e. The first-order valence-corrected chi connectivity index (χ1v) is 14.7. The molecule has 1 heterocycles. The number of aliphatic carboxylic acids is 2. The van der Waals surface area contributed by atoms with Gasteiger partial charge in [-0.1, -0.05) is 48.5 Å². The second-order valence-corrected chi connectivity index (χ2v) is 10.7. The zero-order valence-electron chi connectivity index (χ0n) is 23.0. The number of H-pyrrole nitrogens is 1. The van der Waals surface area contributed by atoms with Gasteiger partial charge in [0, 0.05) is 29.9 Å². The van der Waals surface area contributed by atoms with Crippen LogP contribution in [0.2, 0.25) is 0 Å². The zero-order chi connectivity index (χ0) is 30.6. The molecule has 1 aromatic heterocycles. The number of nitrogens with two attached hydrogens (primary N) is 1. The predicted octanol–water partition coefficient (Wildman–Crippen LogP) is 1.05. The largest absolute Gasteiger partial charge is 0.481 e. The van der Waals surface area contributed by atoms with Gasteiger partial charge in [-0.25, -0.2) is 4.79 Å². The summed E-state index contributed by atoms with van der Waals surface area (Å²) in [5.74, 6) is -4.42. The molecule has 3 rings (SSSR count). The Morgan fingerprint density at radius 2 is 1.45 bits per heavy atom. The number of carbonyl (C=O) groups is 5. The predicted molar refractivity (Wildman–Crippen MR) is 159 cm³/mol. The van der Waals surface area contributed by atoms with Gasteiger partial charge in [0.2, 0.25) is 17.7 Å². The second-order valence-electron chi connectivity index (χ2n) is 9.76. The molecule has 4 unspecified atom stereocenters. The van der Waals surface area contributed by atoms with Gasteiger partial charge in [-0.3, -0.25) is 19.2 Å². The molecule has 0 aliphatic carbocycles. The summed E-state index contributed by atoms with van der Waals surface area (Å²) < 4.78 is 0. The third kappa shape index (κ3) is 9.35. The molecule has 8 N–H and O–H groups in total. The van der Waals surface area contributed by atoms with Gasteiger partial charge in [0.05, 0.1) is 12.5 Å². The van der Waals surface area contributed by atoms with Gasteiger partial charge in [-0.05, 0) is 35.6 Å². The number of aromatic amines is 1. The van der Waals surface area contributed by atoms with E-state index in [2.05, 4.69) is 20.9 Å². The lowest BCUT2D eigenvalue weighted by molar-refractivity contribution is -0.143. The maximum Gasteiger partial charge on any atom is 0.326 e. The Kier molecular flexibility index (Phi) is 11.9. The standard InChI is InChI=1S/C29H35N5O7S/c1-42-12-11-20(30)26(37)32-23(15-25(35)36)28(39)33-22(14-18-16-31-21-10-6-5-9-19(18)21)27(38)34-24(29(40)41)13-17-7-3-2-4-8-17/h2-10,16,20,22-24,31H,11-15,30H2,1H3,(H,32,37)(H,33,39)(H,34,38)(H,35,36)(H,40,41). The quantitative estimate of drug-likeness (QED) is 0.126. The molecule has 3 aromatic rings. The van der Waals surface area contributed by atoms with Gasteiger partial charge in [0.15, 0.2) is 0 Å². The lowest BCUT2D eigenvalue weighted by Gasteiger charge is -2.25. The van der Waals surface area contributed by atoms with E-state index < -0.39 is 60.2 Å². The number of para-hydroxylation sites is 1. The van der Waals surface area contributed by atoms with Crippen LogP contribution < -0.4 is 21.7 Å². The summed E-state index contributed by atoms with van der Waals surface area (Å²) in [6.07, 6.45) is 3.05. The third-order valence-corrected chi connectivity index (χ3v) is 7.25. The van der Waals surface area contributed by atoms with Crippen LogP contribution in [0, 0.1) is 0 Å². The molecule has 0 fully saturated rings. The lowest BCUT2D eigenvalue weighted by Crippen LogP contribution is -2.58. The van der Waals surface area contributed by atoms with Gasteiger partial charge >= 0.3 is 11.9 Å². The first-order valence-electron chi connectivity index (χ1n) is 13.3. The van der Waals surface area contributed by atoms with Crippen LogP contribution in [-0.4, -0.2) is 81.0 Å². The Balaban J connectivity index is 1.85. The van der Waals surface area contributed by atoms with Crippen LogP contribution in [0.1, 0.15) is 24.0 Å². The number of nitrogens with one attached hydrogen (secondary N) is 4. The van der Waals surface area contributed by atoms with Crippen molar-refractivity contribution in [2.75, 3.05) is 12.0 Å². The molecule has 0 spiro atoms. The number of benzene rings is 2. The summed E-state index contributed by atoms with van der Waals surface area (Å²) in [6, 6.07) is 11.0. The molecule has 2 aromatic carbocycles. The Hall–Kier alpha value is -4.36. The first kappa shape index (κ1) is 32.2. The molecule has 3 amide bonds. The van der Waals surface area contributed by atoms with E-state index in [1.165, 1.54) is 11.8 Å². The van der Waals surface area contributed by atoms with Crippen LogP contribution in [0.3, 0.4) is 0 Å². The van der Waals surface area contributed by atoms with E-state index in [1.54, 1.807) is 36.5 Å². The Morgan fingerprint density at radius 1 is 0.833 bits per heavy atom. The zero-order valence-corrected chi connectivity index (χ0v) is 23.9. The van der Waals surface area contributed by atoms with Crippen LogP contribution in [0.5, 0.6) is 0 Å². The summed E-state index contributed by atoms with van der Waals surface area (Å²) in [4.78, 5) is 66.1. The number of rotatable bonds is 16. The van der Waals surface area contributed by atoms with Crippen molar-refractivity contribution in [2.45, 2.75) is 49.9 Å². The number of carbonyl (C=O) groups excluding carboxylic acids is 3. The number of amides is 3. The molecule has 224 valence electrons. The van der Waals surface area contributed by atoms with Gasteiger partial charge in [0.1, 0.15) is 18.1 Å². The highest BCUT2D eigenvalue weighted by atomic mass is 32.2. The highest BCUT2D eigenvalue weighted by Crippen LogP contribution is 2.19. The molecule has 42 heavy (non-hydrogen) atoms. The summed E-state index contributed by atoms with van der Waals surface area (Å²) in [5, 5.41) is 27.4. The van der Waals surface area contributed by atoms with Crippen LogP contribution in [-0.2, 0) is 36.8 Å². The van der Waals surface area contributed by atoms with E-state index in [0.29, 0.717) is 23.3 Å². The van der Waals surface area contributed by atoms with Crippen LogP contribution in [0.25, 0.3) is 10.9 Å². The molecule has 0 saturated heterocycles. The molecule has 0 aliphatic rings. The van der Waals surface area contributed by atoms with Crippen molar-refractivity contribution in [3.05, 3.63) is 71.9 Å². The monoisotopic (exact) mass is 597 g/mol. The highest BCUT2D eigenvalue weighted by molar-refractivity contribution is 7.98. The van der Waals surface area contributed by atoms with Crippen molar-refractivity contribution in [3.8, 4) is 0 Å². The fraction of sp³-hybridized carbons (Fsp3) is 0.345. The number of carboxylic acid groups (broad SMARTS) is 2. The van der Waals surface area contributed by atoms with Gasteiger partial charge in [-0.2, -0.15) is 11.8 Å². The number of hydrogen-bond acceptors (Lipinski definition) is 7. The third-order valence-electron chi connectivity index (χ3n) is 6.61. The maximum absolute atomic E-state index is 13.5. The summed E-state index contributed by atoms with van der Waals surface area (Å²) in [5.41, 5.74) is 8.04. The van der Waals surface area contributed by atoms with Crippen LogP contribution >= 0.6 is 11.8 Å². The van der Waals surface area contributed by atoms with Gasteiger partial charge < -0.3 is 36.9 Å². The average Bonchev–Trinajstić information content (AvgIpc) is 3.37. The van der Waals surface area contributed by atoms with Gasteiger partial charge in [-0.15, -0.1) is 0 Å². The van der Waals surface area contributed by atoms with E-state index in [-0.39, 0.29) is 12.8 Å². The molecular formula is C29H35N5O7S. The topological polar surface area (TPSA) is 204 Å². The highest BCUT2D eigenvalue weighted by Gasteiger charge is 2.32. The molecule has 0 radical (unpaired) electrons. The fourth-order valence-corrected chi connectivity index (χ4v) is 4.85. The Bertz CT molecular complexity index is 1400. The van der Waals surface area contributed by atoms with Gasteiger partial charge in [0.25, 0.3) is 0 Å². The smallest absolute Gasteiger partial charge is 0.326 e. The number of aromatic nitrogens is 1. The molecule has 0 aliphatic heterocycles. The normalized spacial score (nSPS) is 13.9. The van der Waals surface area contributed by atoms with Crippen molar-refractivity contribution in [1.82, 2.24) is 20.9 Å². The first-order chi connectivity index (χ1) is 20.1. The maximum atomic E-state index is 13.5. The minimum atomic E-state index is -1.52. The molecule has 0 saturated carbocycles. The van der Waals surface area contributed by atoms with Crippen molar-refractivity contribution >= 4 is 52.3 Å². The number of hydrogen-bond donors (Lipinski definition) is 7. The molecule has 0 bridgehead atoms. The second kappa shape index (κ2) is 15.6. The summed E-state index contributed by atoms with van der Waals surface area (Å²) >= 11 is 1.48. The van der Waals surface area contributed by atoms with E-state index in [9.17, 15) is 34.2 Å². The van der Waals surface area contributed by atoms with E-state index in [4.69, 9.17) is 5.73 Å². The molecular weight excluding hydrogens is 562 g/mol. The number of thioether (sulfide) groups is 1. The lowest BCUT2D eigenvalue weighted by atomic mass is 10.0.